The Kier molecular flexibility index (Phi) is 6.19. The number of aromatic nitrogens is 1. The van der Waals surface area contributed by atoms with Gasteiger partial charge in [0.25, 0.3) is 5.91 Å². The fourth-order valence-corrected chi connectivity index (χ4v) is 3.29. The highest BCUT2D eigenvalue weighted by Crippen LogP contribution is 2.30. The Labute approximate surface area is 167 Å². The van der Waals surface area contributed by atoms with Gasteiger partial charge in [-0.3, -0.25) is 4.79 Å². The van der Waals surface area contributed by atoms with E-state index in [1.165, 1.54) is 0 Å². The summed E-state index contributed by atoms with van der Waals surface area (Å²) in [6.45, 7) is 7.00. The van der Waals surface area contributed by atoms with Crippen molar-refractivity contribution in [2.75, 3.05) is 13.7 Å². The van der Waals surface area contributed by atoms with Crippen LogP contribution in [0.2, 0.25) is 0 Å². The van der Waals surface area contributed by atoms with Gasteiger partial charge in [0.2, 0.25) is 0 Å². The van der Waals surface area contributed by atoms with Crippen molar-refractivity contribution in [2.45, 2.75) is 27.2 Å². The van der Waals surface area contributed by atoms with Crippen molar-refractivity contribution >= 4 is 5.91 Å². The van der Waals surface area contributed by atoms with Crippen molar-refractivity contribution in [3.63, 3.8) is 0 Å². The molecule has 1 N–H and O–H groups in total. The minimum atomic E-state index is -0.0254. The van der Waals surface area contributed by atoms with Crippen LogP contribution in [-0.2, 0) is 0 Å². The van der Waals surface area contributed by atoms with Crippen LogP contribution in [-0.4, -0.2) is 24.1 Å². The first-order valence-corrected chi connectivity index (χ1v) is 9.71. The van der Waals surface area contributed by atoms with E-state index in [4.69, 9.17) is 4.74 Å². The molecule has 0 aliphatic carbocycles. The van der Waals surface area contributed by atoms with Crippen molar-refractivity contribution in [3.8, 4) is 22.7 Å². The summed E-state index contributed by atoms with van der Waals surface area (Å²) in [4.78, 5) is 12.8. The number of nitrogens with zero attached hydrogens (tertiary/aromatic N) is 1. The Morgan fingerprint density at radius 3 is 2.36 bits per heavy atom. The summed E-state index contributed by atoms with van der Waals surface area (Å²) in [5, 5.41) is 3.06. The number of carbonyl (C=O) groups is 1. The number of ether oxygens (including phenoxy) is 1. The maximum Gasteiger partial charge on any atom is 0.253 e. The lowest BCUT2D eigenvalue weighted by Gasteiger charge is -2.13. The molecule has 0 saturated carbocycles. The van der Waals surface area contributed by atoms with Crippen molar-refractivity contribution in [3.05, 3.63) is 71.9 Å². The van der Waals surface area contributed by atoms with Crippen molar-refractivity contribution in [1.82, 2.24) is 9.88 Å². The van der Waals surface area contributed by atoms with Crippen LogP contribution in [0, 0.1) is 12.8 Å². The summed E-state index contributed by atoms with van der Waals surface area (Å²) < 4.78 is 7.42. The van der Waals surface area contributed by atoms with Crippen molar-refractivity contribution in [2.24, 2.45) is 5.92 Å². The molecule has 1 aromatic heterocycles. The molecule has 0 spiro atoms. The Bertz CT molecular complexity index is 925. The molecule has 2 aromatic carbocycles. The molecule has 28 heavy (non-hydrogen) atoms. The van der Waals surface area contributed by atoms with Gasteiger partial charge in [-0.2, -0.15) is 0 Å². The number of methoxy groups -OCH3 is 1. The lowest BCUT2D eigenvalue weighted by atomic mass is 10.1. The zero-order valence-corrected chi connectivity index (χ0v) is 17.0. The van der Waals surface area contributed by atoms with Gasteiger partial charge in [-0.1, -0.05) is 32.0 Å². The predicted octanol–water partition coefficient (Wildman–Crippen LogP) is 5.24. The maximum absolute atomic E-state index is 12.8. The number of para-hydroxylation sites is 1. The average Bonchev–Trinajstić information content (AvgIpc) is 3.05. The molecule has 0 unspecified atom stereocenters. The highest BCUT2D eigenvalue weighted by molar-refractivity contribution is 5.97. The molecule has 3 aromatic rings. The summed E-state index contributed by atoms with van der Waals surface area (Å²) in [5.74, 6) is 1.35. The van der Waals surface area contributed by atoms with Crippen LogP contribution in [0.5, 0.6) is 5.75 Å². The van der Waals surface area contributed by atoms with Crippen LogP contribution in [0.4, 0.5) is 0 Å². The molecular weight excluding hydrogens is 348 g/mol. The van der Waals surface area contributed by atoms with Gasteiger partial charge in [0.15, 0.2) is 0 Å². The molecule has 0 aliphatic rings. The quantitative estimate of drug-likeness (QED) is 0.613. The average molecular weight is 377 g/mol. The SMILES string of the molecule is COc1ccc(-c2cc(C(=O)NCCC(C)C)c(C)n2-c2ccccc2)cc1. The number of amides is 1. The number of benzene rings is 2. The highest BCUT2D eigenvalue weighted by Gasteiger charge is 2.19. The zero-order valence-electron chi connectivity index (χ0n) is 17.0. The Morgan fingerprint density at radius 2 is 1.75 bits per heavy atom. The van der Waals surface area contributed by atoms with Crippen LogP contribution in [0.3, 0.4) is 0 Å². The Hall–Kier alpha value is -3.01. The second-order valence-electron chi connectivity index (χ2n) is 7.37. The fourth-order valence-electron chi connectivity index (χ4n) is 3.29. The topological polar surface area (TPSA) is 43.3 Å². The molecule has 0 fully saturated rings. The maximum atomic E-state index is 12.8. The van der Waals surface area contributed by atoms with Gasteiger partial charge in [0, 0.05) is 17.9 Å². The summed E-state index contributed by atoms with van der Waals surface area (Å²) in [7, 11) is 1.66. The van der Waals surface area contributed by atoms with Crippen LogP contribution < -0.4 is 10.1 Å². The standard InChI is InChI=1S/C24H28N2O2/c1-17(2)14-15-25-24(27)22-16-23(19-10-12-21(28-4)13-11-19)26(18(22)3)20-8-6-5-7-9-20/h5-13,16-17H,14-15H2,1-4H3,(H,25,27). The minimum Gasteiger partial charge on any atom is -0.497 e. The van der Waals surface area contributed by atoms with Gasteiger partial charge in [-0.25, -0.2) is 0 Å². The van der Waals surface area contributed by atoms with Crippen LogP contribution >= 0.6 is 0 Å². The normalized spacial score (nSPS) is 10.9. The molecule has 0 atom stereocenters. The third-order valence-electron chi connectivity index (χ3n) is 4.90. The third kappa shape index (κ3) is 4.28. The van der Waals surface area contributed by atoms with E-state index in [1.807, 2.05) is 55.5 Å². The van der Waals surface area contributed by atoms with E-state index in [2.05, 4.69) is 35.9 Å². The molecule has 0 bridgehead atoms. The predicted molar refractivity (Wildman–Crippen MR) is 114 cm³/mol. The van der Waals surface area contributed by atoms with Gasteiger partial charge in [-0.05, 0) is 67.3 Å². The number of hydrogen-bond acceptors (Lipinski definition) is 2. The Balaban J connectivity index is 2.03. The lowest BCUT2D eigenvalue weighted by Crippen LogP contribution is -2.25. The van der Waals surface area contributed by atoms with Gasteiger partial charge < -0.3 is 14.6 Å². The number of nitrogens with one attached hydrogen (secondary N) is 1. The molecule has 4 nitrogen and oxygen atoms in total. The van der Waals surface area contributed by atoms with Crippen molar-refractivity contribution < 1.29 is 9.53 Å². The molecular formula is C24H28N2O2. The summed E-state index contributed by atoms with van der Waals surface area (Å²) in [5.41, 5.74) is 4.69. The van der Waals surface area contributed by atoms with E-state index in [9.17, 15) is 4.79 Å². The van der Waals surface area contributed by atoms with Gasteiger partial charge >= 0.3 is 0 Å². The molecule has 1 heterocycles. The largest absolute Gasteiger partial charge is 0.497 e. The summed E-state index contributed by atoms with van der Waals surface area (Å²) in [6, 6.07) is 20.0. The number of hydrogen-bond donors (Lipinski definition) is 1. The molecule has 146 valence electrons. The highest BCUT2D eigenvalue weighted by atomic mass is 16.5. The first-order valence-electron chi connectivity index (χ1n) is 9.71. The van der Waals surface area contributed by atoms with E-state index in [1.54, 1.807) is 7.11 Å². The zero-order chi connectivity index (χ0) is 20.1. The fraction of sp³-hybridized carbons (Fsp3) is 0.292. The second-order valence-corrected chi connectivity index (χ2v) is 7.37. The smallest absolute Gasteiger partial charge is 0.253 e. The minimum absolute atomic E-state index is 0.0254. The van der Waals surface area contributed by atoms with Gasteiger partial charge in [0.1, 0.15) is 5.75 Å². The van der Waals surface area contributed by atoms with Gasteiger partial charge in [-0.15, -0.1) is 0 Å². The Morgan fingerprint density at radius 1 is 1.07 bits per heavy atom. The van der Waals surface area contributed by atoms with Crippen LogP contribution in [0.25, 0.3) is 16.9 Å². The van der Waals surface area contributed by atoms with Crippen LogP contribution in [0.15, 0.2) is 60.7 Å². The lowest BCUT2D eigenvalue weighted by molar-refractivity contribution is 0.0951. The first-order chi connectivity index (χ1) is 13.5. The third-order valence-corrected chi connectivity index (χ3v) is 4.90. The number of rotatable bonds is 7. The van der Waals surface area contributed by atoms with Crippen molar-refractivity contribution in [1.29, 1.82) is 0 Å². The molecule has 1 amide bonds. The molecule has 3 rings (SSSR count). The van der Waals surface area contributed by atoms with E-state index in [0.717, 1.165) is 34.8 Å². The molecule has 4 heteroatoms. The van der Waals surface area contributed by atoms with Gasteiger partial charge in [0.05, 0.1) is 18.4 Å². The van der Waals surface area contributed by atoms with E-state index >= 15 is 0 Å². The molecule has 0 radical (unpaired) electrons. The molecule has 0 saturated heterocycles. The summed E-state index contributed by atoms with van der Waals surface area (Å²) >= 11 is 0. The van der Waals surface area contributed by atoms with E-state index < -0.39 is 0 Å². The summed E-state index contributed by atoms with van der Waals surface area (Å²) in [6.07, 6.45) is 0.968. The second kappa shape index (κ2) is 8.79. The monoisotopic (exact) mass is 376 g/mol. The van der Waals surface area contributed by atoms with E-state index in [0.29, 0.717) is 18.0 Å². The first kappa shape index (κ1) is 19.7. The van der Waals surface area contributed by atoms with Crippen LogP contribution in [0.1, 0.15) is 36.3 Å². The number of carbonyl (C=O) groups excluding carboxylic acids is 1. The molecule has 0 aliphatic heterocycles. The van der Waals surface area contributed by atoms with E-state index in [-0.39, 0.29) is 5.91 Å².